The zero-order valence-electron chi connectivity index (χ0n) is 18.5. The van der Waals surface area contributed by atoms with Gasteiger partial charge in [-0.1, -0.05) is 60.7 Å². The van der Waals surface area contributed by atoms with E-state index in [0.717, 1.165) is 33.2 Å². The van der Waals surface area contributed by atoms with E-state index in [9.17, 15) is 15.1 Å². The summed E-state index contributed by atoms with van der Waals surface area (Å²) in [6, 6.07) is 31.3. The Morgan fingerprint density at radius 2 is 1.06 bits per heavy atom. The Balaban J connectivity index is 1.73. The summed E-state index contributed by atoms with van der Waals surface area (Å²) in [5.74, 6) is 0.591. The Morgan fingerprint density at radius 3 is 1.59 bits per heavy atom. The fraction of sp³-hybridized carbons (Fsp3) is 0.0769. The van der Waals surface area contributed by atoms with Crippen LogP contribution >= 0.6 is 0 Å². The molecule has 1 heterocycles. The quantitative estimate of drug-likeness (QED) is 0.199. The molecule has 34 heavy (non-hydrogen) atoms. The van der Waals surface area contributed by atoms with Crippen LogP contribution in [0.3, 0.4) is 0 Å². The Morgan fingerprint density at radius 1 is 0.618 bits per heavy atom. The molecule has 0 bridgehead atoms. The number of hydrogen-bond donors (Lipinski definition) is 3. The highest BCUT2D eigenvalue weighted by Crippen LogP contribution is 2.20. The molecule has 0 unspecified atom stereocenters. The molecule has 0 fully saturated rings. The normalized spacial score (nSPS) is 11.0. The van der Waals surface area contributed by atoms with Gasteiger partial charge in [-0.2, -0.15) is 9.13 Å². The number of fused-ring (bicyclic) bond motifs is 2. The SMILES string of the molecule is O[B]Oc1ccccc1C[n+]1c2ccccc2[n+](Cc2ccccc2B(O)O)c2ccccc21. The Bertz CT molecular complexity index is 1420. The molecule has 0 aliphatic carbocycles. The lowest BCUT2D eigenvalue weighted by atomic mass is 9.77. The van der Waals surface area contributed by atoms with E-state index in [1.165, 1.54) is 0 Å². The molecule has 0 atom stereocenters. The van der Waals surface area contributed by atoms with Gasteiger partial charge in [0.1, 0.15) is 5.75 Å². The largest absolute Gasteiger partial charge is 0.569 e. The third-order valence-corrected chi connectivity index (χ3v) is 6.07. The van der Waals surface area contributed by atoms with Crippen LogP contribution in [-0.2, 0) is 13.1 Å². The van der Waals surface area contributed by atoms with Gasteiger partial charge >= 0.3 is 14.8 Å². The van der Waals surface area contributed by atoms with Crippen molar-refractivity contribution >= 4 is 42.3 Å². The van der Waals surface area contributed by atoms with Crippen molar-refractivity contribution in [3.63, 3.8) is 0 Å². The van der Waals surface area contributed by atoms with Gasteiger partial charge < -0.3 is 19.7 Å². The Labute approximate surface area is 198 Å². The second kappa shape index (κ2) is 9.65. The molecule has 6 nitrogen and oxygen atoms in total. The average molecular weight is 449 g/mol. The van der Waals surface area contributed by atoms with E-state index in [-0.39, 0.29) is 0 Å². The molecule has 1 radical (unpaired) electrons. The van der Waals surface area contributed by atoms with Gasteiger partial charge in [0.25, 0.3) is 22.1 Å². The number of benzene rings is 4. The summed E-state index contributed by atoms with van der Waals surface area (Å²) in [5, 5.41) is 29.0. The van der Waals surface area contributed by atoms with Crippen molar-refractivity contribution in [1.82, 2.24) is 0 Å². The van der Waals surface area contributed by atoms with Crippen LogP contribution < -0.4 is 19.3 Å². The lowest BCUT2D eigenvalue weighted by Crippen LogP contribution is -2.47. The molecule has 8 heteroatoms. The molecule has 1 aromatic heterocycles. The van der Waals surface area contributed by atoms with Crippen molar-refractivity contribution < 1.29 is 28.9 Å². The first-order valence-electron chi connectivity index (χ1n) is 11.0. The first kappa shape index (κ1) is 22.1. The zero-order valence-corrected chi connectivity index (χ0v) is 18.5. The number of aromatic nitrogens is 2. The number of nitrogens with zero attached hydrogens (tertiary/aromatic N) is 2. The molecule has 165 valence electrons. The molecule has 4 aromatic carbocycles. The van der Waals surface area contributed by atoms with Crippen molar-refractivity contribution in [2.75, 3.05) is 0 Å². The van der Waals surface area contributed by atoms with Crippen molar-refractivity contribution in [3.8, 4) is 5.75 Å². The zero-order chi connectivity index (χ0) is 23.5. The topological polar surface area (TPSA) is 77.7 Å². The molecule has 0 amide bonds. The van der Waals surface area contributed by atoms with E-state index in [4.69, 9.17) is 4.65 Å². The molecule has 0 aliphatic rings. The van der Waals surface area contributed by atoms with Gasteiger partial charge in [-0.05, 0) is 17.6 Å². The smallest absolute Gasteiger partial charge is 0.537 e. The maximum atomic E-state index is 9.90. The van der Waals surface area contributed by atoms with Gasteiger partial charge in [0, 0.05) is 29.8 Å². The predicted octanol–water partition coefficient (Wildman–Crippen LogP) is 1.25. The van der Waals surface area contributed by atoms with E-state index in [2.05, 4.69) is 33.4 Å². The van der Waals surface area contributed by atoms with Crippen LogP contribution in [0.25, 0.3) is 22.1 Å². The van der Waals surface area contributed by atoms with Crippen LogP contribution in [0.15, 0.2) is 97.1 Å². The molecule has 0 saturated heterocycles. The van der Waals surface area contributed by atoms with Crippen LogP contribution in [0, 0.1) is 0 Å². The highest BCUT2D eigenvalue weighted by atomic mass is 16.5. The van der Waals surface area contributed by atoms with E-state index >= 15 is 0 Å². The highest BCUT2D eigenvalue weighted by molar-refractivity contribution is 6.59. The first-order valence-corrected chi connectivity index (χ1v) is 11.0. The minimum atomic E-state index is -1.54. The average Bonchev–Trinajstić information content (AvgIpc) is 2.87. The van der Waals surface area contributed by atoms with Gasteiger partial charge in [0.15, 0.2) is 13.1 Å². The van der Waals surface area contributed by atoms with E-state index in [0.29, 0.717) is 32.0 Å². The van der Waals surface area contributed by atoms with Crippen molar-refractivity contribution in [3.05, 3.63) is 108 Å². The Kier molecular flexibility index (Phi) is 6.27. The van der Waals surface area contributed by atoms with Crippen LogP contribution in [0.5, 0.6) is 5.75 Å². The summed E-state index contributed by atoms with van der Waals surface area (Å²) >= 11 is 0. The van der Waals surface area contributed by atoms with E-state index in [1.54, 1.807) is 12.1 Å². The van der Waals surface area contributed by atoms with Crippen molar-refractivity contribution in [1.29, 1.82) is 0 Å². The maximum absolute atomic E-state index is 9.90. The van der Waals surface area contributed by atoms with Crippen LogP contribution in [0.2, 0.25) is 0 Å². The van der Waals surface area contributed by atoms with Gasteiger partial charge in [0.05, 0.1) is 5.56 Å². The summed E-state index contributed by atoms with van der Waals surface area (Å²) in [6.07, 6.45) is 0. The third-order valence-electron chi connectivity index (χ3n) is 6.07. The summed E-state index contributed by atoms with van der Waals surface area (Å²) in [6.45, 7) is 1.02. The third kappa shape index (κ3) is 4.15. The standard InChI is InChI=1S/C26H23B2N2O4/c31-27-34-26-16-8-2-10-20(26)18-30-24-14-6-4-12-22(24)29(23-13-5-7-15-25(23)30)17-19-9-1-3-11-21(19)28(32)33/h1-16,31-33H,17-18H2/q+2. The summed E-state index contributed by atoms with van der Waals surface area (Å²) < 4.78 is 9.77. The fourth-order valence-corrected chi connectivity index (χ4v) is 4.52. The molecule has 0 spiro atoms. The summed E-state index contributed by atoms with van der Waals surface area (Å²) in [7, 11) is -0.839. The highest BCUT2D eigenvalue weighted by Gasteiger charge is 2.28. The van der Waals surface area contributed by atoms with Crippen molar-refractivity contribution in [2.24, 2.45) is 0 Å². The summed E-state index contributed by atoms with van der Waals surface area (Å²) in [5.41, 5.74) is 6.32. The van der Waals surface area contributed by atoms with Gasteiger partial charge in [-0.3, -0.25) is 0 Å². The molecule has 5 aromatic rings. The van der Waals surface area contributed by atoms with Gasteiger partial charge in [-0.15, -0.1) is 0 Å². The molecular weight excluding hydrogens is 426 g/mol. The maximum Gasteiger partial charge on any atom is 0.569 e. The van der Waals surface area contributed by atoms with Crippen LogP contribution in [0.4, 0.5) is 0 Å². The fourth-order valence-electron chi connectivity index (χ4n) is 4.52. The molecule has 0 saturated carbocycles. The van der Waals surface area contributed by atoms with E-state index < -0.39 is 7.12 Å². The monoisotopic (exact) mass is 449 g/mol. The van der Waals surface area contributed by atoms with Crippen LogP contribution in [0.1, 0.15) is 11.1 Å². The predicted molar refractivity (Wildman–Crippen MR) is 131 cm³/mol. The number of para-hydroxylation sites is 5. The lowest BCUT2D eigenvalue weighted by molar-refractivity contribution is -0.675. The molecule has 3 N–H and O–H groups in total. The first-order chi connectivity index (χ1) is 16.7. The second-order valence-corrected chi connectivity index (χ2v) is 8.05. The lowest BCUT2D eigenvalue weighted by Gasteiger charge is -2.11. The van der Waals surface area contributed by atoms with Crippen LogP contribution in [-0.4, -0.2) is 29.9 Å². The minimum absolute atomic E-state index is 0.481. The van der Waals surface area contributed by atoms with E-state index in [1.807, 2.05) is 60.7 Å². The second-order valence-electron chi connectivity index (χ2n) is 8.05. The number of rotatable bonds is 7. The number of hydrogen-bond acceptors (Lipinski definition) is 4. The molecular formula is C26H23B2N2O4+2. The molecule has 5 rings (SSSR count). The van der Waals surface area contributed by atoms with Gasteiger partial charge in [-0.25, -0.2) is 0 Å². The minimum Gasteiger partial charge on any atom is -0.537 e. The van der Waals surface area contributed by atoms with Gasteiger partial charge in [0.2, 0.25) is 0 Å². The summed E-state index contributed by atoms with van der Waals surface area (Å²) in [4.78, 5) is 0. The Hall–Kier alpha value is -3.71. The van der Waals surface area contributed by atoms with Crippen molar-refractivity contribution in [2.45, 2.75) is 13.1 Å². The molecule has 0 aliphatic heterocycles.